The van der Waals surface area contributed by atoms with Crippen LogP contribution in [0.5, 0.6) is 5.75 Å². The van der Waals surface area contributed by atoms with Crippen LogP contribution in [0, 0.1) is 0 Å². The highest BCUT2D eigenvalue weighted by molar-refractivity contribution is 6.27. The predicted octanol–water partition coefficient (Wildman–Crippen LogP) is 2.29. The van der Waals surface area contributed by atoms with Crippen LogP contribution in [-0.2, 0) is 16.1 Å². The van der Waals surface area contributed by atoms with E-state index in [2.05, 4.69) is 34.3 Å². The van der Waals surface area contributed by atoms with Crippen LogP contribution >= 0.6 is 0 Å². The average molecular weight is 439 g/mol. The van der Waals surface area contributed by atoms with Crippen molar-refractivity contribution < 1.29 is 29.3 Å². The Balaban J connectivity index is 0.000000427. The Morgan fingerprint density at radius 2 is 1.56 bits per heavy atom. The molecule has 32 heavy (non-hydrogen) atoms. The summed E-state index contributed by atoms with van der Waals surface area (Å²) in [6.45, 7) is 4.12. The van der Waals surface area contributed by atoms with E-state index in [9.17, 15) is 4.79 Å². The van der Waals surface area contributed by atoms with Crippen molar-refractivity contribution in [3.8, 4) is 5.75 Å². The molecule has 168 valence electrons. The molecule has 1 fully saturated rings. The smallest absolute Gasteiger partial charge is 0.414 e. The van der Waals surface area contributed by atoms with Gasteiger partial charge in [-0.25, -0.2) is 9.59 Å². The molecule has 9 heteroatoms. The first-order chi connectivity index (χ1) is 15.4. The van der Waals surface area contributed by atoms with Gasteiger partial charge < -0.3 is 24.8 Å². The van der Waals surface area contributed by atoms with E-state index in [1.54, 1.807) is 7.11 Å². The van der Waals surface area contributed by atoms with E-state index in [0.717, 1.165) is 32.7 Å². The first-order valence-electron chi connectivity index (χ1n) is 10.1. The van der Waals surface area contributed by atoms with Crippen molar-refractivity contribution >= 4 is 28.7 Å². The molecule has 2 heterocycles. The first kappa shape index (κ1) is 22.8. The Labute approximate surface area is 184 Å². The van der Waals surface area contributed by atoms with Gasteiger partial charge in [-0.05, 0) is 23.8 Å². The fourth-order valence-corrected chi connectivity index (χ4v) is 3.60. The summed E-state index contributed by atoms with van der Waals surface area (Å²) in [5.41, 5.74) is 3.12. The number of nitrogens with one attached hydrogen (secondary N) is 1. The number of H-pyrrole nitrogens is 1. The number of hydrogen-bond donors (Lipinski definition) is 3. The zero-order chi connectivity index (χ0) is 23.1. The summed E-state index contributed by atoms with van der Waals surface area (Å²) in [7, 11) is 1.60. The van der Waals surface area contributed by atoms with Crippen LogP contribution in [0.15, 0.2) is 54.7 Å². The number of nitrogens with zero attached hydrogens (tertiary/aromatic N) is 2. The number of aromatic amines is 1. The van der Waals surface area contributed by atoms with E-state index in [1.165, 1.54) is 16.5 Å². The standard InChI is InChI=1S/C21H23N3O2.C2H2O4/c1-26-20-9-5-3-7-18(20)21(25)24-12-10-23(11-13-24)15-16-14-22-19-8-4-2-6-17(16)19;3-1(4)2(5)6/h2-9,14,22H,10-13,15H2,1H3;(H,3,4)(H,5,6). The normalized spacial score (nSPS) is 13.8. The summed E-state index contributed by atoms with van der Waals surface area (Å²) in [5.74, 6) is -2.96. The van der Waals surface area contributed by atoms with Crippen molar-refractivity contribution in [3.05, 3.63) is 65.9 Å². The van der Waals surface area contributed by atoms with Crippen molar-refractivity contribution in [2.75, 3.05) is 33.3 Å². The minimum Gasteiger partial charge on any atom is -0.496 e. The number of carbonyl (C=O) groups excluding carboxylic acids is 1. The molecule has 0 atom stereocenters. The topological polar surface area (TPSA) is 123 Å². The van der Waals surface area contributed by atoms with Gasteiger partial charge in [0.25, 0.3) is 5.91 Å². The molecule has 1 aliphatic rings. The second kappa shape index (κ2) is 10.5. The summed E-state index contributed by atoms with van der Waals surface area (Å²) >= 11 is 0. The lowest BCUT2D eigenvalue weighted by atomic mass is 10.1. The molecule has 0 aliphatic carbocycles. The van der Waals surface area contributed by atoms with Crippen molar-refractivity contribution in [2.45, 2.75) is 6.54 Å². The summed E-state index contributed by atoms with van der Waals surface area (Å²) in [4.78, 5) is 38.7. The van der Waals surface area contributed by atoms with Crippen LogP contribution in [0.4, 0.5) is 0 Å². The van der Waals surface area contributed by atoms with E-state index < -0.39 is 11.9 Å². The summed E-state index contributed by atoms with van der Waals surface area (Å²) < 4.78 is 5.33. The Bertz CT molecular complexity index is 1090. The van der Waals surface area contributed by atoms with E-state index in [4.69, 9.17) is 24.5 Å². The molecule has 3 N–H and O–H groups in total. The highest BCUT2D eigenvalue weighted by atomic mass is 16.5. The lowest BCUT2D eigenvalue weighted by Gasteiger charge is -2.34. The molecular weight excluding hydrogens is 414 g/mol. The molecule has 0 radical (unpaired) electrons. The van der Waals surface area contributed by atoms with Gasteiger partial charge in [0.2, 0.25) is 0 Å². The molecule has 0 unspecified atom stereocenters. The number of carboxylic acid groups (broad SMARTS) is 2. The molecule has 9 nitrogen and oxygen atoms in total. The molecule has 1 amide bonds. The average Bonchev–Trinajstić information content (AvgIpc) is 3.22. The van der Waals surface area contributed by atoms with Crippen molar-refractivity contribution in [1.82, 2.24) is 14.8 Å². The second-order valence-electron chi connectivity index (χ2n) is 7.24. The third-order valence-corrected chi connectivity index (χ3v) is 5.25. The first-order valence-corrected chi connectivity index (χ1v) is 10.1. The number of carboxylic acids is 2. The summed E-state index contributed by atoms with van der Waals surface area (Å²) in [6.07, 6.45) is 2.09. The predicted molar refractivity (Wildman–Crippen MR) is 118 cm³/mol. The van der Waals surface area contributed by atoms with E-state index in [-0.39, 0.29) is 5.91 Å². The minimum atomic E-state index is -1.82. The molecule has 0 saturated carbocycles. The van der Waals surface area contributed by atoms with Gasteiger partial charge in [-0.15, -0.1) is 0 Å². The quantitative estimate of drug-likeness (QED) is 0.533. The Morgan fingerprint density at radius 3 is 2.22 bits per heavy atom. The van der Waals surface area contributed by atoms with Crippen LogP contribution in [-0.4, -0.2) is 76.1 Å². The van der Waals surface area contributed by atoms with Gasteiger partial charge in [-0.3, -0.25) is 9.69 Å². The fraction of sp³-hybridized carbons (Fsp3) is 0.261. The monoisotopic (exact) mass is 439 g/mol. The zero-order valence-corrected chi connectivity index (χ0v) is 17.7. The number of ether oxygens (including phenoxy) is 1. The number of hydrogen-bond acceptors (Lipinski definition) is 5. The van der Waals surface area contributed by atoms with Gasteiger partial charge >= 0.3 is 11.9 Å². The maximum atomic E-state index is 12.8. The lowest BCUT2D eigenvalue weighted by molar-refractivity contribution is -0.159. The maximum absolute atomic E-state index is 12.8. The molecule has 1 saturated heterocycles. The van der Waals surface area contributed by atoms with Gasteiger partial charge in [0, 0.05) is 49.8 Å². The molecule has 3 aromatic rings. The van der Waals surface area contributed by atoms with Crippen molar-refractivity contribution in [1.29, 1.82) is 0 Å². The molecule has 4 rings (SSSR count). The highest BCUT2D eigenvalue weighted by Crippen LogP contribution is 2.22. The molecule has 0 bridgehead atoms. The van der Waals surface area contributed by atoms with Crippen LogP contribution in [0.1, 0.15) is 15.9 Å². The minimum absolute atomic E-state index is 0.0502. The third kappa shape index (κ3) is 5.44. The Kier molecular flexibility index (Phi) is 7.45. The zero-order valence-electron chi connectivity index (χ0n) is 17.7. The van der Waals surface area contributed by atoms with E-state index in [0.29, 0.717) is 11.3 Å². The number of para-hydroxylation sites is 2. The molecule has 2 aromatic carbocycles. The highest BCUT2D eigenvalue weighted by Gasteiger charge is 2.24. The Morgan fingerprint density at radius 1 is 0.938 bits per heavy atom. The van der Waals surface area contributed by atoms with Crippen molar-refractivity contribution in [2.24, 2.45) is 0 Å². The van der Waals surface area contributed by atoms with Crippen molar-refractivity contribution in [3.63, 3.8) is 0 Å². The number of rotatable bonds is 4. The molecule has 1 aliphatic heterocycles. The molecule has 0 spiro atoms. The number of methoxy groups -OCH3 is 1. The van der Waals surface area contributed by atoms with E-state index >= 15 is 0 Å². The maximum Gasteiger partial charge on any atom is 0.414 e. The number of fused-ring (bicyclic) bond motifs is 1. The number of aromatic nitrogens is 1. The van der Waals surface area contributed by atoms with Gasteiger partial charge in [-0.1, -0.05) is 30.3 Å². The van der Waals surface area contributed by atoms with Crippen LogP contribution in [0.25, 0.3) is 10.9 Å². The van der Waals surface area contributed by atoms with Crippen LogP contribution in [0.2, 0.25) is 0 Å². The van der Waals surface area contributed by atoms with E-state index in [1.807, 2.05) is 35.2 Å². The molecular formula is C23H25N3O6. The number of benzene rings is 2. The Hall–Kier alpha value is -3.85. The van der Waals surface area contributed by atoms with Gasteiger partial charge in [0.15, 0.2) is 0 Å². The third-order valence-electron chi connectivity index (χ3n) is 5.25. The number of carbonyl (C=O) groups is 3. The second-order valence-corrected chi connectivity index (χ2v) is 7.24. The number of aliphatic carboxylic acids is 2. The van der Waals surface area contributed by atoms with Gasteiger partial charge in [0.1, 0.15) is 5.75 Å². The molecule has 1 aromatic heterocycles. The lowest BCUT2D eigenvalue weighted by Crippen LogP contribution is -2.48. The van der Waals surface area contributed by atoms with Crippen LogP contribution < -0.4 is 4.74 Å². The summed E-state index contributed by atoms with van der Waals surface area (Å²) in [5, 5.41) is 16.1. The summed E-state index contributed by atoms with van der Waals surface area (Å²) in [6, 6.07) is 15.8. The van der Waals surface area contributed by atoms with Gasteiger partial charge in [0.05, 0.1) is 12.7 Å². The SMILES string of the molecule is COc1ccccc1C(=O)N1CCN(Cc2c[nH]c3ccccc23)CC1.O=C(O)C(=O)O. The van der Waals surface area contributed by atoms with Gasteiger partial charge in [-0.2, -0.15) is 0 Å². The largest absolute Gasteiger partial charge is 0.496 e. The number of piperazine rings is 1. The number of amides is 1. The van der Waals surface area contributed by atoms with Crippen LogP contribution in [0.3, 0.4) is 0 Å². The fourth-order valence-electron chi connectivity index (χ4n) is 3.60.